The summed E-state index contributed by atoms with van der Waals surface area (Å²) in [6.07, 6.45) is 7.09. The Morgan fingerprint density at radius 2 is 1.82 bits per heavy atom. The summed E-state index contributed by atoms with van der Waals surface area (Å²) >= 11 is 0. The van der Waals surface area contributed by atoms with Crippen LogP contribution in [0.15, 0.2) is 6.07 Å². The third-order valence-electron chi connectivity index (χ3n) is 6.56. The first kappa shape index (κ1) is 20.1. The number of likely N-dealkylation sites (N-methyl/N-ethyl adjacent to an activating group) is 2. The molecule has 1 aromatic carbocycles. The van der Waals surface area contributed by atoms with Crippen LogP contribution in [-0.2, 0) is 35.9 Å². The number of hydrogen-bond acceptors (Lipinski definition) is 5. The van der Waals surface area contributed by atoms with Gasteiger partial charge in [-0.1, -0.05) is 6.07 Å². The lowest BCUT2D eigenvalue weighted by Gasteiger charge is -2.27. The van der Waals surface area contributed by atoms with Crippen molar-refractivity contribution < 1.29 is 13.5 Å². The van der Waals surface area contributed by atoms with Gasteiger partial charge >= 0.3 is 0 Å². The van der Waals surface area contributed by atoms with Crippen molar-refractivity contribution in [2.75, 3.05) is 32.5 Å². The maximum atomic E-state index is 12.7. The number of nitrogens with zero attached hydrogens (tertiary/aromatic N) is 2. The smallest absolute Gasteiger partial charge is 0.282 e. The Labute approximate surface area is 168 Å². The van der Waals surface area contributed by atoms with Gasteiger partial charge < -0.3 is 15.3 Å². The average Bonchev–Trinajstić information content (AvgIpc) is 3.35. The molecular weight excluding hydrogens is 376 g/mol. The zero-order chi connectivity index (χ0) is 19.9. The molecule has 1 unspecified atom stereocenters. The van der Waals surface area contributed by atoms with E-state index >= 15 is 0 Å². The summed E-state index contributed by atoms with van der Waals surface area (Å²) < 4.78 is 29.1. The van der Waals surface area contributed by atoms with Gasteiger partial charge in [-0.3, -0.25) is 0 Å². The lowest BCUT2D eigenvalue weighted by molar-refractivity contribution is 0.187. The van der Waals surface area contributed by atoms with E-state index in [1.165, 1.54) is 26.6 Å². The molecule has 1 fully saturated rings. The van der Waals surface area contributed by atoms with Crippen molar-refractivity contribution in [3.05, 3.63) is 28.3 Å². The first-order chi connectivity index (χ1) is 13.3. The SMILES string of the molecule is CN1CCC[C@H]1CN(C)S(=O)(=O)NC(O)Nc1c2c(cc3c1CCC3)CCC2. The molecule has 2 atom stereocenters. The van der Waals surface area contributed by atoms with E-state index in [0.717, 1.165) is 63.6 Å². The van der Waals surface area contributed by atoms with Crippen LogP contribution in [0.4, 0.5) is 5.69 Å². The molecule has 28 heavy (non-hydrogen) atoms. The summed E-state index contributed by atoms with van der Waals surface area (Å²) in [6, 6.07) is 2.55. The zero-order valence-corrected chi connectivity index (χ0v) is 17.7. The molecule has 1 aliphatic heterocycles. The number of aliphatic hydroxyl groups excluding tert-OH is 1. The van der Waals surface area contributed by atoms with Crippen LogP contribution in [0.5, 0.6) is 0 Å². The van der Waals surface area contributed by atoms with Crippen LogP contribution < -0.4 is 10.0 Å². The molecule has 156 valence electrons. The number of rotatable bonds is 7. The van der Waals surface area contributed by atoms with Gasteiger partial charge in [-0.15, -0.1) is 0 Å². The summed E-state index contributed by atoms with van der Waals surface area (Å²) in [5, 5.41) is 13.6. The van der Waals surface area contributed by atoms with Crippen LogP contribution in [-0.4, -0.2) is 62.3 Å². The quantitative estimate of drug-likeness (QED) is 0.591. The van der Waals surface area contributed by atoms with Crippen LogP contribution >= 0.6 is 0 Å². The second-order valence-electron chi connectivity index (χ2n) is 8.46. The van der Waals surface area contributed by atoms with Gasteiger partial charge in [0.15, 0.2) is 6.35 Å². The van der Waals surface area contributed by atoms with Crippen molar-refractivity contribution in [1.29, 1.82) is 0 Å². The number of benzene rings is 1. The van der Waals surface area contributed by atoms with E-state index < -0.39 is 16.6 Å². The summed E-state index contributed by atoms with van der Waals surface area (Å²) in [5.74, 6) is 0. The zero-order valence-electron chi connectivity index (χ0n) is 16.9. The van der Waals surface area contributed by atoms with Gasteiger partial charge in [-0.25, -0.2) is 0 Å². The summed E-state index contributed by atoms with van der Waals surface area (Å²) in [5.41, 5.74) is 6.15. The third kappa shape index (κ3) is 3.93. The topological polar surface area (TPSA) is 84.9 Å². The van der Waals surface area contributed by atoms with Crippen molar-refractivity contribution in [3.8, 4) is 0 Å². The monoisotopic (exact) mass is 408 g/mol. The Hall–Kier alpha value is -1.19. The molecular formula is C20H32N4O3S. The maximum absolute atomic E-state index is 12.7. The third-order valence-corrected chi connectivity index (χ3v) is 8.06. The summed E-state index contributed by atoms with van der Waals surface area (Å²) in [6.45, 7) is 1.43. The summed E-state index contributed by atoms with van der Waals surface area (Å²) in [7, 11) is -0.180. The van der Waals surface area contributed by atoms with Gasteiger partial charge in [-0.2, -0.15) is 17.4 Å². The minimum absolute atomic E-state index is 0.229. The molecule has 3 aliphatic rings. The average molecular weight is 409 g/mol. The molecule has 1 saturated heterocycles. The number of nitrogens with one attached hydrogen (secondary N) is 2. The van der Waals surface area contributed by atoms with E-state index in [9.17, 15) is 13.5 Å². The number of aryl methyl sites for hydroxylation is 2. The van der Waals surface area contributed by atoms with E-state index in [-0.39, 0.29) is 6.04 Å². The van der Waals surface area contributed by atoms with Crippen LogP contribution in [0.25, 0.3) is 0 Å². The molecule has 8 heteroatoms. The molecule has 1 heterocycles. The Kier molecular flexibility index (Phi) is 5.68. The van der Waals surface area contributed by atoms with Gasteiger partial charge in [0, 0.05) is 25.3 Å². The van der Waals surface area contributed by atoms with E-state index in [1.54, 1.807) is 7.05 Å². The highest BCUT2D eigenvalue weighted by molar-refractivity contribution is 7.87. The highest BCUT2D eigenvalue weighted by Crippen LogP contribution is 2.38. The number of hydrogen-bond donors (Lipinski definition) is 3. The van der Waals surface area contributed by atoms with Crippen LogP contribution in [0, 0.1) is 0 Å². The number of anilines is 1. The maximum Gasteiger partial charge on any atom is 0.282 e. The lowest BCUT2D eigenvalue weighted by atomic mass is 9.99. The normalized spacial score (nSPS) is 23.2. The van der Waals surface area contributed by atoms with Gasteiger partial charge in [0.05, 0.1) is 0 Å². The Morgan fingerprint density at radius 3 is 2.39 bits per heavy atom. The van der Waals surface area contributed by atoms with Crippen LogP contribution in [0.2, 0.25) is 0 Å². The molecule has 0 aromatic heterocycles. The molecule has 0 spiro atoms. The molecule has 1 aromatic rings. The van der Waals surface area contributed by atoms with Crippen molar-refractivity contribution in [3.63, 3.8) is 0 Å². The number of aliphatic hydroxyl groups is 1. The molecule has 0 saturated carbocycles. The number of fused-ring (bicyclic) bond motifs is 2. The highest BCUT2D eigenvalue weighted by atomic mass is 32.2. The molecule has 0 amide bonds. The molecule has 4 rings (SSSR count). The number of likely N-dealkylation sites (tertiary alicyclic amines) is 1. The van der Waals surface area contributed by atoms with E-state index in [2.05, 4.69) is 21.0 Å². The van der Waals surface area contributed by atoms with E-state index in [1.807, 2.05) is 7.05 Å². The first-order valence-electron chi connectivity index (χ1n) is 10.4. The molecule has 2 aliphatic carbocycles. The van der Waals surface area contributed by atoms with E-state index in [0.29, 0.717) is 6.54 Å². The standard InChI is InChI=1S/C20H32N4O3S/c1-23-11-5-8-16(23)13-24(2)28(26,27)22-20(25)21-19-17-9-3-6-14(17)12-15-7-4-10-18(15)19/h12,16,20-22,25H,3-11,13H2,1-2H3/t16-,20?/m0/s1. The van der Waals surface area contributed by atoms with E-state index in [4.69, 9.17) is 0 Å². The minimum atomic E-state index is -3.77. The van der Waals surface area contributed by atoms with Gasteiger partial charge in [0.1, 0.15) is 0 Å². The second kappa shape index (κ2) is 7.91. The Morgan fingerprint density at radius 1 is 1.18 bits per heavy atom. The largest absolute Gasteiger partial charge is 0.360 e. The lowest BCUT2D eigenvalue weighted by Crippen LogP contribution is -2.49. The van der Waals surface area contributed by atoms with Crippen LogP contribution in [0.3, 0.4) is 0 Å². The first-order valence-corrected chi connectivity index (χ1v) is 11.8. The molecule has 0 radical (unpaired) electrons. The van der Waals surface area contributed by atoms with Gasteiger partial charge in [0.25, 0.3) is 10.2 Å². The Balaban J connectivity index is 1.45. The summed E-state index contributed by atoms with van der Waals surface area (Å²) in [4.78, 5) is 2.19. The van der Waals surface area contributed by atoms with Crippen molar-refractivity contribution >= 4 is 15.9 Å². The molecule has 3 N–H and O–H groups in total. The predicted octanol–water partition coefficient (Wildman–Crippen LogP) is 1.21. The Bertz CT molecular complexity index is 810. The fourth-order valence-electron chi connectivity index (χ4n) is 4.99. The second-order valence-corrected chi connectivity index (χ2v) is 10.3. The van der Waals surface area contributed by atoms with Crippen molar-refractivity contribution in [1.82, 2.24) is 13.9 Å². The van der Waals surface area contributed by atoms with Gasteiger partial charge in [0.2, 0.25) is 0 Å². The van der Waals surface area contributed by atoms with Crippen LogP contribution in [0.1, 0.15) is 47.9 Å². The molecule has 0 bridgehead atoms. The molecule has 7 nitrogen and oxygen atoms in total. The highest BCUT2D eigenvalue weighted by Gasteiger charge is 2.30. The minimum Gasteiger partial charge on any atom is -0.360 e. The van der Waals surface area contributed by atoms with Gasteiger partial charge in [-0.05, 0) is 87.2 Å². The fourth-order valence-corrected chi connectivity index (χ4v) is 5.88. The van der Waals surface area contributed by atoms with Crippen molar-refractivity contribution in [2.45, 2.75) is 63.8 Å². The predicted molar refractivity (Wildman–Crippen MR) is 110 cm³/mol. The van der Waals surface area contributed by atoms with Crippen molar-refractivity contribution in [2.24, 2.45) is 0 Å². The fraction of sp³-hybridized carbons (Fsp3) is 0.700.